The van der Waals surface area contributed by atoms with E-state index in [1.165, 1.54) is 0 Å². The van der Waals surface area contributed by atoms with Gasteiger partial charge in [-0.3, -0.25) is 9.69 Å². The molecular weight excluding hydrogens is 248 g/mol. The first-order chi connectivity index (χ1) is 8.97. The van der Waals surface area contributed by atoms with E-state index in [4.69, 9.17) is 0 Å². The maximum absolute atomic E-state index is 13.5. The van der Waals surface area contributed by atoms with Crippen LogP contribution >= 0.6 is 0 Å². The molecule has 1 saturated carbocycles. The Labute approximate surface area is 112 Å². The standard InChI is InChI=1S/C15H19F2NO/c1-10(2)8-18(12-4-5-12)9-15(19)13-7-11(16)3-6-14(13)17/h3,6-7,10,12H,4-5,8-9H2,1-2H3. The fourth-order valence-corrected chi connectivity index (χ4v) is 2.23. The monoisotopic (exact) mass is 267 g/mol. The van der Waals surface area contributed by atoms with Crippen LogP contribution in [0.3, 0.4) is 0 Å². The van der Waals surface area contributed by atoms with Gasteiger partial charge in [0, 0.05) is 12.6 Å². The van der Waals surface area contributed by atoms with Crippen molar-refractivity contribution in [1.82, 2.24) is 4.90 Å². The van der Waals surface area contributed by atoms with Crippen molar-refractivity contribution in [2.45, 2.75) is 32.7 Å². The van der Waals surface area contributed by atoms with Crippen LogP contribution in [0.4, 0.5) is 8.78 Å². The van der Waals surface area contributed by atoms with E-state index in [1.807, 2.05) is 0 Å². The SMILES string of the molecule is CC(C)CN(CC(=O)c1cc(F)ccc1F)C1CC1. The number of halogens is 2. The lowest BCUT2D eigenvalue weighted by Crippen LogP contribution is -2.35. The molecule has 0 saturated heterocycles. The molecule has 0 radical (unpaired) electrons. The Morgan fingerprint density at radius 3 is 2.63 bits per heavy atom. The highest BCUT2D eigenvalue weighted by molar-refractivity contribution is 5.97. The Hall–Kier alpha value is -1.29. The molecule has 1 fully saturated rings. The summed E-state index contributed by atoms with van der Waals surface area (Å²) < 4.78 is 26.6. The number of carbonyl (C=O) groups is 1. The normalized spacial score (nSPS) is 15.3. The zero-order valence-corrected chi connectivity index (χ0v) is 11.3. The number of hydrogen-bond donors (Lipinski definition) is 0. The third kappa shape index (κ3) is 3.83. The van der Waals surface area contributed by atoms with Crippen LogP contribution in [0, 0.1) is 17.6 Å². The zero-order valence-electron chi connectivity index (χ0n) is 11.3. The molecule has 104 valence electrons. The van der Waals surface area contributed by atoms with Crippen molar-refractivity contribution in [1.29, 1.82) is 0 Å². The number of hydrogen-bond acceptors (Lipinski definition) is 2. The van der Waals surface area contributed by atoms with Gasteiger partial charge < -0.3 is 0 Å². The van der Waals surface area contributed by atoms with Gasteiger partial charge in [-0.2, -0.15) is 0 Å². The molecule has 1 aliphatic carbocycles. The molecule has 4 heteroatoms. The summed E-state index contributed by atoms with van der Waals surface area (Å²) in [6.45, 7) is 5.15. The molecule has 0 aromatic heterocycles. The number of Topliss-reactive ketones (excluding diaryl/α,β-unsaturated/α-hetero) is 1. The second-order valence-corrected chi connectivity index (χ2v) is 5.60. The molecule has 0 amide bonds. The van der Waals surface area contributed by atoms with Gasteiger partial charge in [0.2, 0.25) is 0 Å². The average molecular weight is 267 g/mol. The molecule has 1 aliphatic rings. The van der Waals surface area contributed by atoms with E-state index < -0.39 is 11.6 Å². The van der Waals surface area contributed by atoms with Gasteiger partial charge in [0.1, 0.15) is 11.6 Å². The fourth-order valence-electron chi connectivity index (χ4n) is 2.23. The minimum absolute atomic E-state index is 0.144. The largest absolute Gasteiger partial charge is 0.293 e. The van der Waals surface area contributed by atoms with Gasteiger partial charge in [0.25, 0.3) is 0 Å². The van der Waals surface area contributed by atoms with Crippen molar-refractivity contribution in [3.8, 4) is 0 Å². The van der Waals surface area contributed by atoms with E-state index in [9.17, 15) is 13.6 Å². The Bertz CT molecular complexity index is 469. The van der Waals surface area contributed by atoms with E-state index >= 15 is 0 Å². The smallest absolute Gasteiger partial charge is 0.179 e. The summed E-state index contributed by atoms with van der Waals surface area (Å²) in [7, 11) is 0. The Morgan fingerprint density at radius 1 is 1.37 bits per heavy atom. The van der Waals surface area contributed by atoms with Gasteiger partial charge in [-0.05, 0) is 37.0 Å². The van der Waals surface area contributed by atoms with E-state index in [0.29, 0.717) is 12.0 Å². The second-order valence-electron chi connectivity index (χ2n) is 5.60. The molecular formula is C15H19F2NO. The molecule has 1 aromatic rings. The quantitative estimate of drug-likeness (QED) is 0.737. The minimum Gasteiger partial charge on any atom is -0.293 e. The molecule has 19 heavy (non-hydrogen) atoms. The maximum Gasteiger partial charge on any atom is 0.179 e. The first-order valence-electron chi connectivity index (χ1n) is 6.69. The van der Waals surface area contributed by atoms with Crippen LogP contribution in [0.5, 0.6) is 0 Å². The first-order valence-corrected chi connectivity index (χ1v) is 6.69. The Kier molecular flexibility index (Phi) is 4.30. The summed E-state index contributed by atoms with van der Waals surface area (Å²) >= 11 is 0. The van der Waals surface area contributed by atoms with Gasteiger partial charge in [0.15, 0.2) is 5.78 Å². The highest BCUT2D eigenvalue weighted by atomic mass is 19.1. The van der Waals surface area contributed by atoms with E-state index in [1.54, 1.807) is 0 Å². The van der Waals surface area contributed by atoms with E-state index in [2.05, 4.69) is 18.7 Å². The summed E-state index contributed by atoms with van der Waals surface area (Å²) in [5.41, 5.74) is -0.144. The molecule has 0 spiro atoms. The van der Waals surface area contributed by atoms with E-state index in [0.717, 1.165) is 37.6 Å². The van der Waals surface area contributed by atoms with Gasteiger partial charge in [0.05, 0.1) is 12.1 Å². The van der Waals surface area contributed by atoms with Gasteiger partial charge in [-0.1, -0.05) is 13.8 Å². The Morgan fingerprint density at radius 2 is 2.05 bits per heavy atom. The second kappa shape index (κ2) is 5.78. The molecule has 0 atom stereocenters. The number of rotatable bonds is 6. The molecule has 2 rings (SSSR count). The summed E-state index contributed by atoms with van der Waals surface area (Å²) in [6.07, 6.45) is 2.18. The topological polar surface area (TPSA) is 20.3 Å². The zero-order chi connectivity index (χ0) is 14.0. The molecule has 0 heterocycles. The first kappa shape index (κ1) is 14.1. The predicted molar refractivity (Wildman–Crippen MR) is 70.1 cm³/mol. The lowest BCUT2D eigenvalue weighted by molar-refractivity contribution is 0.0911. The number of carbonyl (C=O) groups excluding carboxylic acids is 1. The molecule has 0 aliphatic heterocycles. The van der Waals surface area contributed by atoms with Crippen LogP contribution in [0.15, 0.2) is 18.2 Å². The molecule has 0 N–H and O–H groups in total. The molecule has 2 nitrogen and oxygen atoms in total. The fraction of sp³-hybridized carbons (Fsp3) is 0.533. The molecule has 0 bridgehead atoms. The Balaban J connectivity index is 2.08. The molecule has 1 aromatic carbocycles. The van der Waals surface area contributed by atoms with Gasteiger partial charge >= 0.3 is 0 Å². The van der Waals surface area contributed by atoms with Crippen molar-refractivity contribution in [3.63, 3.8) is 0 Å². The van der Waals surface area contributed by atoms with Crippen LogP contribution in [0.2, 0.25) is 0 Å². The third-order valence-electron chi connectivity index (χ3n) is 3.24. The number of nitrogens with zero attached hydrogens (tertiary/aromatic N) is 1. The summed E-state index contributed by atoms with van der Waals surface area (Å²) in [5, 5.41) is 0. The van der Waals surface area contributed by atoms with Crippen molar-refractivity contribution in [2.24, 2.45) is 5.92 Å². The lowest BCUT2D eigenvalue weighted by Gasteiger charge is -2.23. The third-order valence-corrected chi connectivity index (χ3v) is 3.24. The highest BCUT2D eigenvalue weighted by Gasteiger charge is 2.31. The van der Waals surface area contributed by atoms with Crippen molar-refractivity contribution >= 4 is 5.78 Å². The van der Waals surface area contributed by atoms with Gasteiger partial charge in [-0.15, -0.1) is 0 Å². The predicted octanol–water partition coefficient (Wildman–Crippen LogP) is 3.27. The number of benzene rings is 1. The van der Waals surface area contributed by atoms with Crippen LogP contribution in [0.1, 0.15) is 37.0 Å². The van der Waals surface area contributed by atoms with Gasteiger partial charge in [-0.25, -0.2) is 8.78 Å². The summed E-state index contributed by atoms with van der Waals surface area (Å²) in [6, 6.07) is 3.45. The van der Waals surface area contributed by atoms with Crippen molar-refractivity contribution in [3.05, 3.63) is 35.4 Å². The highest BCUT2D eigenvalue weighted by Crippen LogP contribution is 2.27. The van der Waals surface area contributed by atoms with Crippen molar-refractivity contribution in [2.75, 3.05) is 13.1 Å². The molecule has 0 unspecified atom stereocenters. The van der Waals surface area contributed by atoms with Crippen LogP contribution in [-0.4, -0.2) is 29.8 Å². The van der Waals surface area contributed by atoms with Crippen LogP contribution in [0.25, 0.3) is 0 Å². The lowest BCUT2D eigenvalue weighted by atomic mass is 10.1. The summed E-state index contributed by atoms with van der Waals surface area (Å²) in [4.78, 5) is 14.2. The number of ketones is 1. The maximum atomic E-state index is 13.5. The van der Waals surface area contributed by atoms with Crippen LogP contribution in [-0.2, 0) is 0 Å². The van der Waals surface area contributed by atoms with Crippen molar-refractivity contribution < 1.29 is 13.6 Å². The van der Waals surface area contributed by atoms with E-state index in [-0.39, 0.29) is 17.9 Å². The summed E-state index contributed by atoms with van der Waals surface area (Å²) in [5.74, 6) is -1.12. The average Bonchev–Trinajstić information content (AvgIpc) is 3.14. The minimum atomic E-state index is -0.647. The van der Waals surface area contributed by atoms with Crippen LogP contribution < -0.4 is 0 Å².